The van der Waals surface area contributed by atoms with Crippen molar-refractivity contribution in [2.75, 3.05) is 6.61 Å². The Morgan fingerprint density at radius 1 is 1.04 bits per heavy atom. The first-order valence-corrected chi connectivity index (χ1v) is 10.4. The van der Waals surface area contributed by atoms with Crippen molar-refractivity contribution in [1.29, 1.82) is 0 Å². The molecule has 2 atom stereocenters. The summed E-state index contributed by atoms with van der Waals surface area (Å²) in [6.07, 6.45) is 11.4. The van der Waals surface area contributed by atoms with Gasteiger partial charge in [-0.3, -0.25) is 9.59 Å². The van der Waals surface area contributed by atoms with Gasteiger partial charge in [0.2, 0.25) is 6.43 Å². The zero-order valence-electron chi connectivity index (χ0n) is 16.2. The smallest absolute Gasteiger partial charge is 0.323 e. The van der Waals surface area contributed by atoms with E-state index in [1.807, 2.05) is 0 Å². The molecule has 0 spiro atoms. The van der Waals surface area contributed by atoms with Crippen LogP contribution in [-0.4, -0.2) is 42.2 Å². The van der Waals surface area contributed by atoms with Crippen LogP contribution in [0.2, 0.25) is 0 Å². The normalized spacial score (nSPS) is 29.0. The number of hydrogen-bond acceptors (Lipinski definition) is 4. The number of halogens is 2. The molecular weight excluding hydrogens is 356 g/mol. The molecule has 0 amide bonds. The Balaban J connectivity index is 0.000000194. The lowest BCUT2D eigenvalue weighted by Gasteiger charge is -2.30. The van der Waals surface area contributed by atoms with Crippen LogP contribution in [0.15, 0.2) is 0 Å². The maximum absolute atomic E-state index is 12.2. The molecule has 27 heavy (non-hydrogen) atoms. The minimum absolute atomic E-state index is 0.0101. The summed E-state index contributed by atoms with van der Waals surface area (Å²) >= 11 is 0. The third kappa shape index (κ3) is 5.87. The van der Waals surface area contributed by atoms with Gasteiger partial charge in [-0.05, 0) is 39.0 Å². The molecule has 3 saturated carbocycles. The number of carbonyl (C=O) groups is 2. The predicted octanol–water partition coefficient (Wildman–Crippen LogP) is 4.15. The molecule has 0 saturated heterocycles. The number of rotatable bonds is 6. The van der Waals surface area contributed by atoms with Crippen LogP contribution >= 0.6 is 0 Å². The molecule has 3 rings (SSSR count). The number of alkyl halides is 2. The van der Waals surface area contributed by atoms with Gasteiger partial charge in [-0.25, -0.2) is 8.78 Å². The Labute approximate surface area is 160 Å². The third-order valence-electron chi connectivity index (χ3n) is 6.02. The van der Waals surface area contributed by atoms with Crippen LogP contribution in [-0.2, 0) is 14.3 Å². The molecule has 0 heterocycles. The van der Waals surface area contributed by atoms with Crippen molar-refractivity contribution in [2.24, 2.45) is 11.3 Å². The van der Waals surface area contributed by atoms with Gasteiger partial charge >= 0.3 is 11.9 Å². The van der Waals surface area contributed by atoms with Crippen LogP contribution in [0, 0.1) is 11.3 Å². The first kappa shape index (κ1) is 22.1. The highest BCUT2D eigenvalue weighted by Gasteiger charge is 2.71. The lowest BCUT2D eigenvalue weighted by Crippen LogP contribution is -2.40. The van der Waals surface area contributed by atoms with E-state index in [-0.39, 0.29) is 13.0 Å². The Bertz CT molecular complexity index is 474. The fourth-order valence-electron chi connectivity index (χ4n) is 4.29. The average molecular weight is 389 g/mol. The monoisotopic (exact) mass is 389 g/mol. The molecule has 156 valence electrons. The minimum atomic E-state index is -2.80. The van der Waals surface area contributed by atoms with E-state index < -0.39 is 29.7 Å². The van der Waals surface area contributed by atoms with Gasteiger partial charge in [-0.15, -0.1) is 0 Å². The van der Waals surface area contributed by atoms with Crippen LogP contribution < -0.4 is 5.32 Å². The number of nitrogens with one attached hydrogen (secondary N) is 1. The van der Waals surface area contributed by atoms with Crippen molar-refractivity contribution in [3.8, 4) is 0 Å². The lowest BCUT2D eigenvalue weighted by atomic mass is 9.91. The molecule has 3 aliphatic rings. The number of ether oxygens (including phenoxy) is 1. The van der Waals surface area contributed by atoms with Gasteiger partial charge < -0.3 is 15.2 Å². The maximum atomic E-state index is 12.2. The Kier molecular flexibility index (Phi) is 8.45. The topological polar surface area (TPSA) is 75.6 Å². The van der Waals surface area contributed by atoms with Crippen LogP contribution in [0.5, 0.6) is 0 Å². The molecule has 3 fully saturated rings. The highest BCUT2D eigenvalue weighted by molar-refractivity contribution is 6.03. The lowest BCUT2D eigenvalue weighted by molar-refractivity contribution is -0.162. The highest BCUT2D eigenvalue weighted by Crippen LogP contribution is 2.56. The van der Waals surface area contributed by atoms with Crippen molar-refractivity contribution in [3.63, 3.8) is 0 Å². The van der Waals surface area contributed by atoms with Crippen LogP contribution in [0.4, 0.5) is 8.78 Å². The second-order valence-corrected chi connectivity index (χ2v) is 7.98. The second kappa shape index (κ2) is 10.3. The molecule has 0 radical (unpaired) electrons. The van der Waals surface area contributed by atoms with Gasteiger partial charge in [0.1, 0.15) is 0 Å². The van der Waals surface area contributed by atoms with Crippen LogP contribution in [0.1, 0.15) is 77.6 Å². The third-order valence-corrected chi connectivity index (χ3v) is 6.02. The SMILES string of the molecule is C1CCC(NC2CCCCC2)CC1.CCOC(=O)C1(C(=O)O)CC1C(F)F. The molecular formula is C20H33F2NO4. The van der Waals surface area contributed by atoms with E-state index in [1.54, 1.807) is 0 Å². The molecule has 0 aromatic rings. The number of carbonyl (C=O) groups excluding carboxylic acids is 1. The number of carboxylic acids is 1. The van der Waals surface area contributed by atoms with Gasteiger partial charge in [-0.2, -0.15) is 0 Å². The number of carboxylic acid groups (broad SMARTS) is 1. The number of esters is 1. The number of aliphatic carboxylic acids is 1. The molecule has 7 heteroatoms. The van der Waals surface area contributed by atoms with E-state index in [2.05, 4.69) is 10.1 Å². The average Bonchev–Trinajstić information content (AvgIpc) is 3.42. The van der Waals surface area contributed by atoms with Crippen molar-refractivity contribution in [2.45, 2.75) is 96.1 Å². The first-order valence-electron chi connectivity index (χ1n) is 10.4. The molecule has 0 aliphatic heterocycles. The largest absolute Gasteiger partial charge is 0.480 e. The summed E-state index contributed by atoms with van der Waals surface area (Å²) in [5.74, 6) is -3.99. The van der Waals surface area contributed by atoms with E-state index in [4.69, 9.17) is 5.11 Å². The summed E-state index contributed by atoms with van der Waals surface area (Å²) in [6.45, 7) is 1.48. The highest BCUT2D eigenvalue weighted by atomic mass is 19.3. The van der Waals surface area contributed by atoms with E-state index in [0.717, 1.165) is 12.1 Å². The summed E-state index contributed by atoms with van der Waals surface area (Å²) in [5, 5.41) is 12.5. The van der Waals surface area contributed by atoms with E-state index in [0.29, 0.717) is 0 Å². The van der Waals surface area contributed by atoms with Crippen molar-refractivity contribution in [1.82, 2.24) is 5.32 Å². The van der Waals surface area contributed by atoms with Crippen LogP contribution in [0.3, 0.4) is 0 Å². The standard InChI is InChI=1S/C12H23N.C8H10F2O4/c1-3-7-11(8-4-1)13-12-9-5-2-6-10-12;1-2-14-7(13)8(6(11)12)3-4(8)5(9)10/h11-13H,1-10H2;4-5H,2-3H2,1H3,(H,11,12). The van der Waals surface area contributed by atoms with Crippen molar-refractivity contribution >= 4 is 11.9 Å². The van der Waals surface area contributed by atoms with Gasteiger partial charge in [0.05, 0.1) is 6.61 Å². The molecule has 3 aliphatic carbocycles. The summed E-state index contributed by atoms with van der Waals surface area (Å²) in [4.78, 5) is 21.8. The van der Waals surface area contributed by atoms with Gasteiger partial charge in [0.15, 0.2) is 5.41 Å². The van der Waals surface area contributed by atoms with E-state index >= 15 is 0 Å². The van der Waals surface area contributed by atoms with Crippen molar-refractivity contribution in [3.05, 3.63) is 0 Å². The minimum Gasteiger partial charge on any atom is -0.480 e. The molecule has 0 aromatic carbocycles. The Hall–Kier alpha value is -1.24. The quantitative estimate of drug-likeness (QED) is 0.527. The molecule has 5 nitrogen and oxygen atoms in total. The first-order chi connectivity index (χ1) is 12.9. The Morgan fingerprint density at radius 2 is 1.52 bits per heavy atom. The van der Waals surface area contributed by atoms with Gasteiger partial charge in [0, 0.05) is 18.0 Å². The predicted molar refractivity (Wildman–Crippen MR) is 97.7 cm³/mol. The maximum Gasteiger partial charge on any atom is 0.323 e. The van der Waals surface area contributed by atoms with Gasteiger partial charge in [0.25, 0.3) is 0 Å². The van der Waals surface area contributed by atoms with Gasteiger partial charge in [-0.1, -0.05) is 38.5 Å². The van der Waals surface area contributed by atoms with Crippen LogP contribution in [0.25, 0.3) is 0 Å². The van der Waals surface area contributed by atoms with Crippen molar-refractivity contribution < 1.29 is 28.2 Å². The Morgan fingerprint density at radius 3 is 1.85 bits per heavy atom. The number of hydrogen-bond donors (Lipinski definition) is 2. The van der Waals surface area contributed by atoms with E-state index in [9.17, 15) is 18.4 Å². The molecule has 2 N–H and O–H groups in total. The summed E-state index contributed by atoms with van der Waals surface area (Å²) < 4.78 is 28.9. The summed E-state index contributed by atoms with van der Waals surface area (Å²) in [7, 11) is 0. The molecule has 0 aromatic heterocycles. The zero-order chi connectivity index (χ0) is 19.9. The second-order valence-electron chi connectivity index (χ2n) is 7.98. The summed E-state index contributed by atoms with van der Waals surface area (Å²) in [5.41, 5.74) is -2.00. The fraction of sp³-hybridized carbons (Fsp3) is 0.900. The summed E-state index contributed by atoms with van der Waals surface area (Å²) in [6, 6.07) is 1.74. The molecule has 0 bridgehead atoms. The van der Waals surface area contributed by atoms with E-state index in [1.165, 1.54) is 71.1 Å². The zero-order valence-corrected chi connectivity index (χ0v) is 16.2. The molecule has 2 unspecified atom stereocenters. The fourth-order valence-corrected chi connectivity index (χ4v) is 4.29.